The third-order valence-corrected chi connectivity index (χ3v) is 3.09. The lowest BCUT2D eigenvalue weighted by molar-refractivity contribution is 0.237. The highest BCUT2D eigenvalue weighted by atomic mass is 15.5. The molecule has 0 unspecified atom stereocenters. The summed E-state index contributed by atoms with van der Waals surface area (Å²) in [6.07, 6.45) is 0. The molecule has 1 aromatic carbocycles. The first kappa shape index (κ1) is 14.9. The van der Waals surface area contributed by atoms with Crippen LogP contribution >= 0.6 is 0 Å². The van der Waals surface area contributed by atoms with Crippen LogP contribution in [0.3, 0.4) is 0 Å². The Morgan fingerprint density at radius 3 is 1.85 bits per heavy atom. The second-order valence-corrected chi connectivity index (χ2v) is 4.73. The molecule has 3 rings (SSSR count). The van der Waals surface area contributed by atoms with Crippen molar-refractivity contribution < 1.29 is 0 Å². The van der Waals surface area contributed by atoms with Gasteiger partial charge in [-0.1, -0.05) is 23.4 Å². The Balaban J connectivity index is 0.000000205. The highest BCUT2D eigenvalue weighted by Crippen LogP contribution is 2.10. The first-order valence-corrected chi connectivity index (χ1v) is 7.29. The first-order valence-electron chi connectivity index (χ1n) is 7.29. The van der Waals surface area contributed by atoms with Gasteiger partial charge in [0.15, 0.2) is 0 Å². The largest absolute Gasteiger partial charge is 0.314 e. The number of piperazine rings is 2. The van der Waals surface area contributed by atoms with E-state index in [1.165, 1.54) is 0 Å². The van der Waals surface area contributed by atoms with Crippen molar-refractivity contribution in [1.29, 1.82) is 0 Å². The Bertz CT molecular complexity index is 359. The van der Waals surface area contributed by atoms with E-state index in [0.29, 0.717) is 0 Å². The summed E-state index contributed by atoms with van der Waals surface area (Å²) >= 11 is 0. The zero-order valence-corrected chi connectivity index (χ0v) is 11.9. The molecule has 0 amide bonds. The van der Waals surface area contributed by atoms with Crippen molar-refractivity contribution in [3.8, 4) is 0 Å². The van der Waals surface area contributed by atoms with Crippen LogP contribution in [0.1, 0.15) is 0 Å². The van der Waals surface area contributed by atoms with Crippen LogP contribution in [0.5, 0.6) is 0 Å². The fourth-order valence-electron chi connectivity index (χ4n) is 1.96. The molecule has 2 aliphatic rings. The maximum Gasteiger partial charge on any atom is 0.0874 e. The van der Waals surface area contributed by atoms with Crippen LogP contribution in [-0.2, 0) is 0 Å². The van der Waals surface area contributed by atoms with Crippen molar-refractivity contribution in [3.63, 3.8) is 0 Å². The van der Waals surface area contributed by atoms with Crippen LogP contribution in [0.15, 0.2) is 40.7 Å². The van der Waals surface area contributed by atoms with Crippen molar-refractivity contribution in [3.05, 3.63) is 30.3 Å². The van der Waals surface area contributed by atoms with E-state index in [2.05, 4.69) is 26.3 Å². The zero-order chi connectivity index (χ0) is 13.9. The maximum absolute atomic E-state index is 4.17. The van der Waals surface area contributed by atoms with Crippen LogP contribution in [0.2, 0.25) is 0 Å². The first-order chi connectivity index (χ1) is 9.95. The summed E-state index contributed by atoms with van der Waals surface area (Å²) in [7, 11) is 0. The van der Waals surface area contributed by atoms with E-state index in [-0.39, 0.29) is 0 Å². The topological polar surface area (TPSA) is 64.0 Å². The summed E-state index contributed by atoms with van der Waals surface area (Å²) in [5, 5.41) is 20.0. The van der Waals surface area contributed by atoms with Gasteiger partial charge in [-0.15, -0.1) is 5.11 Å². The van der Waals surface area contributed by atoms with Crippen molar-refractivity contribution in [2.24, 2.45) is 10.3 Å². The van der Waals surface area contributed by atoms with Crippen LogP contribution in [0.25, 0.3) is 0 Å². The van der Waals surface area contributed by atoms with Gasteiger partial charge in [0.2, 0.25) is 0 Å². The molecule has 1 aromatic rings. The molecule has 0 saturated carbocycles. The third kappa shape index (κ3) is 6.10. The van der Waals surface area contributed by atoms with Crippen molar-refractivity contribution in [2.75, 3.05) is 52.4 Å². The van der Waals surface area contributed by atoms with E-state index in [4.69, 9.17) is 0 Å². The molecule has 0 atom stereocenters. The maximum atomic E-state index is 4.17. The SMILES string of the molecule is C1CNCCN1.c1ccc(/N=N/N2CCNCC2)cc1. The van der Waals surface area contributed by atoms with Gasteiger partial charge in [-0.05, 0) is 12.1 Å². The number of rotatable bonds is 2. The molecule has 0 bridgehead atoms. The van der Waals surface area contributed by atoms with Gasteiger partial charge in [0.05, 0.1) is 18.8 Å². The predicted octanol–water partition coefficient (Wildman–Crippen LogP) is 0.770. The summed E-state index contributed by atoms with van der Waals surface area (Å²) in [4.78, 5) is 0. The Kier molecular flexibility index (Phi) is 7.01. The van der Waals surface area contributed by atoms with E-state index in [1.54, 1.807) is 0 Å². The molecule has 2 fully saturated rings. The Labute approximate surface area is 120 Å². The molecule has 2 aliphatic heterocycles. The molecule has 2 heterocycles. The molecule has 2 saturated heterocycles. The molecule has 6 nitrogen and oxygen atoms in total. The van der Waals surface area contributed by atoms with Crippen molar-refractivity contribution in [2.45, 2.75) is 0 Å². The van der Waals surface area contributed by atoms with Gasteiger partial charge in [-0.2, -0.15) is 0 Å². The van der Waals surface area contributed by atoms with Crippen molar-refractivity contribution >= 4 is 5.69 Å². The predicted molar refractivity (Wildman–Crippen MR) is 81.1 cm³/mol. The minimum atomic E-state index is 0.908. The smallest absolute Gasteiger partial charge is 0.0874 e. The number of nitrogens with zero attached hydrogens (tertiary/aromatic N) is 3. The number of benzene rings is 1. The van der Waals surface area contributed by atoms with E-state index < -0.39 is 0 Å². The Hall–Kier alpha value is -1.50. The van der Waals surface area contributed by atoms with Gasteiger partial charge in [0, 0.05) is 39.3 Å². The minimum absolute atomic E-state index is 0.908. The highest BCUT2D eigenvalue weighted by molar-refractivity contribution is 5.34. The van der Waals surface area contributed by atoms with Gasteiger partial charge in [0.25, 0.3) is 0 Å². The Morgan fingerprint density at radius 2 is 1.30 bits per heavy atom. The molecular weight excluding hydrogens is 252 g/mol. The molecule has 20 heavy (non-hydrogen) atoms. The highest BCUT2D eigenvalue weighted by Gasteiger charge is 2.05. The summed E-state index contributed by atoms with van der Waals surface area (Å²) in [6, 6.07) is 9.81. The van der Waals surface area contributed by atoms with Gasteiger partial charge in [-0.25, -0.2) is 0 Å². The standard InChI is InChI=1S/C10H14N4.C4H10N2/c1-2-4-10(5-3-1)12-13-14-8-6-11-7-9-14;1-2-6-4-3-5-1/h1-5,11H,6-9H2;5-6H,1-4H2/b13-12+;. The Morgan fingerprint density at radius 1 is 0.750 bits per heavy atom. The number of hydrogen-bond acceptors (Lipinski definition) is 5. The summed E-state index contributed by atoms with van der Waals surface area (Å²) in [5.74, 6) is 0. The lowest BCUT2D eigenvalue weighted by atomic mass is 10.3. The van der Waals surface area contributed by atoms with Crippen LogP contribution < -0.4 is 16.0 Å². The second-order valence-electron chi connectivity index (χ2n) is 4.73. The summed E-state index contributed by atoms with van der Waals surface area (Å²) < 4.78 is 0. The van der Waals surface area contributed by atoms with Crippen molar-refractivity contribution in [1.82, 2.24) is 21.0 Å². The average molecular weight is 276 g/mol. The van der Waals surface area contributed by atoms with Gasteiger partial charge in [-0.3, -0.25) is 5.01 Å². The monoisotopic (exact) mass is 276 g/mol. The van der Waals surface area contributed by atoms with E-state index in [9.17, 15) is 0 Å². The number of hydrogen-bond donors (Lipinski definition) is 3. The van der Waals surface area contributed by atoms with E-state index >= 15 is 0 Å². The fraction of sp³-hybridized carbons (Fsp3) is 0.571. The lowest BCUT2D eigenvalue weighted by Gasteiger charge is -2.22. The molecule has 0 aliphatic carbocycles. The van der Waals surface area contributed by atoms with Crippen LogP contribution in [-0.4, -0.2) is 57.4 Å². The van der Waals surface area contributed by atoms with E-state index in [0.717, 1.165) is 58.0 Å². The number of nitrogens with one attached hydrogen (secondary N) is 3. The summed E-state index contributed by atoms with van der Waals surface area (Å²) in [6.45, 7) is 8.42. The van der Waals surface area contributed by atoms with Gasteiger partial charge >= 0.3 is 0 Å². The average Bonchev–Trinajstić information content (AvgIpc) is 2.57. The normalized spacial score (nSPS) is 19.5. The van der Waals surface area contributed by atoms with Gasteiger partial charge in [0.1, 0.15) is 0 Å². The molecular formula is C14H24N6. The zero-order valence-electron chi connectivity index (χ0n) is 11.9. The molecule has 0 spiro atoms. The van der Waals surface area contributed by atoms with Crippen LogP contribution in [0, 0.1) is 0 Å². The van der Waals surface area contributed by atoms with E-state index in [1.807, 2.05) is 35.3 Å². The molecule has 0 aromatic heterocycles. The second kappa shape index (κ2) is 9.41. The van der Waals surface area contributed by atoms with Crippen LogP contribution in [0.4, 0.5) is 5.69 Å². The molecule has 6 heteroatoms. The molecule has 3 N–H and O–H groups in total. The molecule has 0 radical (unpaired) electrons. The quantitative estimate of drug-likeness (QED) is 0.698. The minimum Gasteiger partial charge on any atom is -0.314 e. The van der Waals surface area contributed by atoms with Gasteiger partial charge < -0.3 is 16.0 Å². The fourth-order valence-corrected chi connectivity index (χ4v) is 1.96. The summed E-state index contributed by atoms with van der Waals surface area (Å²) in [5.41, 5.74) is 0.908. The third-order valence-electron chi connectivity index (χ3n) is 3.09. The lowest BCUT2D eigenvalue weighted by Crippen LogP contribution is -2.40. The molecule has 110 valence electrons.